The van der Waals surface area contributed by atoms with Gasteiger partial charge in [0.1, 0.15) is 0 Å². The van der Waals surface area contributed by atoms with Gasteiger partial charge >= 0.3 is 5.97 Å². The van der Waals surface area contributed by atoms with Gasteiger partial charge in [-0.3, -0.25) is 4.68 Å². The minimum atomic E-state index is -3.25. The summed E-state index contributed by atoms with van der Waals surface area (Å²) in [5.41, 5.74) is 0.291. The standard InChI is InChI=1S/C10H16N2O4S/c1-4-12-8(5-9(11-12)10(13)14)6-17(15,16)7(2)3/h5,7H,4,6H2,1-3H3,(H,13,14). The Morgan fingerprint density at radius 1 is 1.53 bits per heavy atom. The lowest BCUT2D eigenvalue weighted by molar-refractivity contribution is 0.0689. The Morgan fingerprint density at radius 2 is 2.12 bits per heavy atom. The number of carboxylic acid groups (broad SMARTS) is 1. The van der Waals surface area contributed by atoms with E-state index >= 15 is 0 Å². The van der Waals surface area contributed by atoms with E-state index in [1.54, 1.807) is 20.8 Å². The Bertz CT molecular complexity index is 516. The Kier molecular flexibility index (Phi) is 3.92. The smallest absolute Gasteiger partial charge is 0.356 e. The zero-order valence-corrected chi connectivity index (χ0v) is 10.9. The molecule has 1 aromatic rings. The summed E-state index contributed by atoms with van der Waals surface area (Å²) in [6.45, 7) is 5.42. The summed E-state index contributed by atoms with van der Waals surface area (Å²) in [4.78, 5) is 10.8. The van der Waals surface area contributed by atoms with Crippen molar-refractivity contribution in [1.82, 2.24) is 9.78 Å². The molecule has 1 heterocycles. The molecular weight excluding hydrogens is 244 g/mol. The number of hydrogen-bond donors (Lipinski definition) is 1. The van der Waals surface area contributed by atoms with Crippen molar-refractivity contribution < 1.29 is 18.3 Å². The van der Waals surface area contributed by atoms with E-state index in [2.05, 4.69) is 5.10 Å². The highest BCUT2D eigenvalue weighted by atomic mass is 32.2. The van der Waals surface area contributed by atoms with Crippen molar-refractivity contribution >= 4 is 15.8 Å². The second-order valence-corrected chi connectivity index (χ2v) is 6.55. The van der Waals surface area contributed by atoms with E-state index in [0.29, 0.717) is 12.2 Å². The van der Waals surface area contributed by atoms with Crippen LogP contribution < -0.4 is 0 Å². The van der Waals surface area contributed by atoms with Gasteiger partial charge in [0.25, 0.3) is 0 Å². The average Bonchev–Trinajstić information content (AvgIpc) is 2.60. The molecule has 1 N–H and O–H groups in total. The van der Waals surface area contributed by atoms with Crippen molar-refractivity contribution in [2.75, 3.05) is 0 Å². The molecule has 6 nitrogen and oxygen atoms in total. The van der Waals surface area contributed by atoms with E-state index in [1.165, 1.54) is 10.7 Å². The van der Waals surface area contributed by atoms with Crippen molar-refractivity contribution in [3.8, 4) is 0 Å². The summed E-state index contributed by atoms with van der Waals surface area (Å²) < 4.78 is 24.9. The van der Waals surface area contributed by atoms with Crippen LogP contribution in [0.4, 0.5) is 0 Å². The van der Waals surface area contributed by atoms with Crippen molar-refractivity contribution in [1.29, 1.82) is 0 Å². The van der Waals surface area contributed by atoms with Crippen LogP contribution in [-0.4, -0.2) is 34.5 Å². The van der Waals surface area contributed by atoms with Crippen LogP contribution in [0, 0.1) is 0 Å². The number of aromatic carboxylic acids is 1. The van der Waals surface area contributed by atoms with E-state index in [-0.39, 0.29) is 11.4 Å². The zero-order valence-electron chi connectivity index (χ0n) is 10.0. The molecule has 1 aromatic heterocycles. The summed E-state index contributed by atoms with van der Waals surface area (Å²) in [5.74, 6) is -1.33. The molecule has 0 amide bonds. The summed E-state index contributed by atoms with van der Waals surface area (Å²) in [7, 11) is -3.25. The molecule has 0 saturated heterocycles. The maximum Gasteiger partial charge on any atom is 0.356 e. The van der Waals surface area contributed by atoms with E-state index in [4.69, 9.17) is 5.11 Å². The van der Waals surface area contributed by atoms with Crippen LogP contribution in [0.25, 0.3) is 0 Å². The highest BCUT2D eigenvalue weighted by molar-refractivity contribution is 7.91. The fourth-order valence-corrected chi connectivity index (χ4v) is 2.30. The molecule has 0 unspecified atom stereocenters. The molecule has 0 saturated carbocycles. The van der Waals surface area contributed by atoms with Gasteiger partial charge in [0.2, 0.25) is 0 Å². The van der Waals surface area contributed by atoms with Crippen LogP contribution in [0.15, 0.2) is 6.07 Å². The lowest BCUT2D eigenvalue weighted by Gasteiger charge is -2.08. The first-order chi connectivity index (χ1) is 7.77. The Balaban J connectivity index is 3.10. The summed E-state index contributed by atoms with van der Waals surface area (Å²) in [6, 6.07) is 1.31. The van der Waals surface area contributed by atoms with Gasteiger partial charge in [-0.25, -0.2) is 13.2 Å². The summed E-state index contributed by atoms with van der Waals surface area (Å²) in [5, 5.41) is 12.1. The normalized spacial score (nSPS) is 12.0. The molecule has 7 heteroatoms. The maximum atomic E-state index is 11.8. The summed E-state index contributed by atoms with van der Waals surface area (Å²) in [6.07, 6.45) is 0. The van der Waals surface area contributed by atoms with Crippen LogP contribution in [0.3, 0.4) is 0 Å². The molecule has 0 aliphatic carbocycles. The molecule has 0 radical (unpaired) electrons. The Hall–Kier alpha value is -1.37. The Morgan fingerprint density at radius 3 is 2.53 bits per heavy atom. The number of nitrogens with zero attached hydrogens (tertiary/aromatic N) is 2. The number of aromatic nitrogens is 2. The molecule has 0 aliphatic heterocycles. The maximum absolute atomic E-state index is 11.8. The molecular formula is C10H16N2O4S. The quantitative estimate of drug-likeness (QED) is 0.850. The number of hydrogen-bond acceptors (Lipinski definition) is 4. The van der Waals surface area contributed by atoms with Crippen LogP contribution >= 0.6 is 0 Å². The lowest BCUT2D eigenvalue weighted by Crippen LogP contribution is -2.18. The van der Waals surface area contributed by atoms with Gasteiger partial charge < -0.3 is 5.11 Å². The zero-order chi connectivity index (χ0) is 13.2. The van der Waals surface area contributed by atoms with Crippen LogP contribution in [0.1, 0.15) is 37.0 Å². The molecule has 0 spiro atoms. The fraction of sp³-hybridized carbons (Fsp3) is 0.600. The lowest BCUT2D eigenvalue weighted by atomic mass is 10.4. The molecule has 17 heavy (non-hydrogen) atoms. The molecule has 0 aromatic carbocycles. The van der Waals surface area contributed by atoms with E-state index in [1.807, 2.05) is 0 Å². The van der Waals surface area contributed by atoms with Crippen LogP contribution in [0.2, 0.25) is 0 Å². The number of sulfone groups is 1. The van der Waals surface area contributed by atoms with Crippen LogP contribution in [0.5, 0.6) is 0 Å². The molecule has 0 fully saturated rings. The molecule has 0 atom stereocenters. The van der Waals surface area contributed by atoms with Crippen LogP contribution in [-0.2, 0) is 22.1 Å². The number of rotatable bonds is 5. The average molecular weight is 260 g/mol. The monoisotopic (exact) mass is 260 g/mol. The topological polar surface area (TPSA) is 89.3 Å². The molecule has 0 bridgehead atoms. The first kappa shape index (κ1) is 13.7. The number of carbonyl (C=O) groups is 1. The Labute approximate surface area is 100 Å². The van der Waals surface area contributed by atoms with E-state index in [0.717, 1.165) is 0 Å². The highest BCUT2D eigenvalue weighted by Gasteiger charge is 2.21. The van der Waals surface area contributed by atoms with Crippen molar-refractivity contribution in [3.05, 3.63) is 17.5 Å². The predicted octanol–water partition coefficient (Wildman–Crippen LogP) is 0.924. The van der Waals surface area contributed by atoms with Gasteiger partial charge in [0.15, 0.2) is 15.5 Å². The van der Waals surface area contributed by atoms with Gasteiger partial charge in [-0.2, -0.15) is 5.10 Å². The SMILES string of the molecule is CCn1nc(C(=O)O)cc1CS(=O)(=O)C(C)C. The molecule has 96 valence electrons. The van der Waals surface area contributed by atoms with Crippen molar-refractivity contribution in [2.45, 2.75) is 38.3 Å². The molecule has 1 rings (SSSR count). The van der Waals surface area contributed by atoms with Gasteiger partial charge in [0.05, 0.1) is 16.7 Å². The minimum absolute atomic E-state index is 0.124. The third kappa shape index (κ3) is 3.06. The number of aryl methyl sites for hydroxylation is 1. The second-order valence-electron chi connectivity index (χ2n) is 4.00. The van der Waals surface area contributed by atoms with Gasteiger partial charge in [-0.1, -0.05) is 0 Å². The predicted molar refractivity (Wildman–Crippen MR) is 62.6 cm³/mol. The third-order valence-electron chi connectivity index (χ3n) is 2.45. The van der Waals surface area contributed by atoms with E-state index in [9.17, 15) is 13.2 Å². The highest BCUT2D eigenvalue weighted by Crippen LogP contribution is 2.13. The third-order valence-corrected chi connectivity index (χ3v) is 4.58. The van der Waals surface area contributed by atoms with Gasteiger partial charge in [-0.05, 0) is 26.8 Å². The largest absolute Gasteiger partial charge is 0.476 e. The van der Waals surface area contributed by atoms with E-state index < -0.39 is 21.1 Å². The fourth-order valence-electron chi connectivity index (χ4n) is 1.32. The second kappa shape index (κ2) is 4.87. The van der Waals surface area contributed by atoms with Gasteiger partial charge in [-0.15, -0.1) is 0 Å². The number of carboxylic acids is 1. The van der Waals surface area contributed by atoms with Gasteiger partial charge in [0, 0.05) is 6.54 Å². The van der Waals surface area contributed by atoms with Crippen molar-refractivity contribution in [3.63, 3.8) is 0 Å². The molecule has 0 aliphatic rings. The first-order valence-electron chi connectivity index (χ1n) is 5.29. The summed E-state index contributed by atoms with van der Waals surface area (Å²) >= 11 is 0. The minimum Gasteiger partial charge on any atom is -0.476 e. The van der Waals surface area contributed by atoms with Crippen molar-refractivity contribution in [2.24, 2.45) is 0 Å². The first-order valence-corrected chi connectivity index (χ1v) is 7.01.